The maximum absolute atomic E-state index is 13.5. The van der Waals surface area contributed by atoms with E-state index in [0.29, 0.717) is 29.5 Å². The molecule has 3 aromatic rings. The van der Waals surface area contributed by atoms with E-state index < -0.39 is 0 Å². The van der Waals surface area contributed by atoms with Crippen LogP contribution in [-0.4, -0.2) is 27.1 Å². The van der Waals surface area contributed by atoms with Gasteiger partial charge < -0.3 is 10.6 Å². The maximum atomic E-state index is 13.5. The third-order valence-corrected chi connectivity index (χ3v) is 6.06. The summed E-state index contributed by atoms with van der Waals surface area (Å²) >= 11 is 0. The Balaban J connectivity index is 1.59. The minimum atomic E-state index is -0.0141. The van der Waals surface area contributed by atoms with E-state index in [2.05, 4.69) is 43.2 Å². The van der Waals surface area contributed by atoms with Crippen molar-refractivity contribution < 1.29 is 4.79 Å². The quantitative estimate of drug-likeness (QED) is 0.659. The Morgan fingerprint density at radius 1 is 1.13 bits per heavy atom. The van der Waals surface area contributed by atoms with Gasteiger partial charge in [-0.05, 0) is 42.4 Å². The van der Waals surface area contributed by atoms with Crippen LogP contribution < -0.4 is 5.73 Å². The first kappa shape index (κ1) is 20.2. The number of amides is 1. The van der Waals surface area contributed by atoms with Gasteiger partial charge in [-0.1, -0.05) is 68.4 Å². The zero-order valence-electron chi connectivity index (χ0n) is 18.0. The smallest absolute Gasteiger partial charge is 0.260 e. The molecule has 2 heterocycles. The molecule has 1 aliphatic heterocycles. The van der Waals surface area contributed by atoms with Crippen LogP contribution in [-0.2, 0) is 6.54 Å². The second kappa shape index (κ2) is 8.34. The summed E-state index contributed by atoms with van der Waals surface area (Å²) in [5.74, 6) is 0.931. The predicted molar refractivity (Wildman–Crippen MR) is 120 cm³/mol. The van der Waals surface area contributed by atoms with Crippen LogP contribution in [0, 0.1) is 6.92 Å². The zero-order chi connectivity index (χ0) is 21.3. The van der Waals surface area contributed by atoms with E-state index in [1.165, 1.54) is 11.1 Å². The van der Waals surface area contributed by atoms with Crippen LogP contribution in [0.5, 0.6) is 0 Å². The minimum absolute atomic E-state index is 0.0141. The largest absolute Gasteiger partial charge is 0.383 e. The normalized spacial score (nSPS) is 16.4. The molecule has 0 aliphatic carbocycles. The monoisotopic (exact) mass is 402 g/mol. The number of anilines is 1. The Kier molecular flexibility index (Phi) is 5.62. The topological polar surface area (TPSA) is 64.2 Å². The van der Waals surface area contributed by atoms with E-state index in [0.717, 1.165) is 24.9 Å². The first-order chi connectivity index (χ1) is 14.5. The van der Waals surface area contributed by atoms with E-state index >= 15 is 0 Å². The number of hydrogen-bond acceptors (Lipinski definition) is 3. The summed E-state index contributed by atoms with van der Waals surface area (Å²) in [6.07, 6.45) is 1.98. The molecule has 1 atom stereocenters. The van der Waals surface area contributed by atoms with Crippen LogP contribution in [0.1, 0.15) is 71.4 Å². The van der Waals surface area contributed by atoms with Gasteiger partial charge in [-0.25, -0.2) is 4.68 Å². The predicted octanol–water partition coefficient (Wildman–Crippen LogP) is 4.92. The summed E-state index contributed by atoms with van der Waals surface area (Å²) in [4.78, 5) is 15.5. The average Bonchev–Trinajstić information content (AvgIpc) is 3.33. The van der Waals surface area contributed by atoms with Gasteiger partial charge in [-0.15, -0.1) is 0 Å². The van der Waals surface area contributed by atoms with E-state index in [1.807, 2.05) is 42.2 Å². The highest BCUT2D eigenvalue weighted by atomic mass is 16.2. The number of nitrogens with zero attached hydrogens (tertiary/aromatic N) is 3. The number of aromatic nitrogens is 2. The van der Waals surface area contributed by atoms with Crippen LogP contribution in [0.4, 0.5) is 5.82 Å². The highest BCUT2D eigenvalue weighted by Crippen LogP contribution is 2.35. The van der Waals surface area contributed by atoms with Gasteiger partial charge >= 0.3 is 0 Å². The van der Waals surface area contributed by atoms with Crippen LogP contribution in [0.25, 0.3) is 0 Å². The molecule has 1 aliphatic rings. The number of nitrogens with two attached hydrogens (primary N) is 1. The van der Waals surface area contributed by atoms with E-state index in [1.54, 1.807) is 4.68 Å². The molecule has 30 heavy (non-hydrogen) atoms. The molecule has 4 rings (SSSR count). The summed E-state index contributed by atoms with van der Waals surface area (Å²) in [7, 11) is 0. The molecule has 5 heteroatoms. The summed E-state index contributed by atoms with van der Waals surface area (Å²) in [6, 6.07) is 18.8. The van der Waals surface area contributed by atoms with Crippen molar-refractivity contribution in [1.82, 2.24) is 14.7 Å². The van der Waals surface area contributed by atoms with Crippen molar-refractivity contribution in [1.29, 1.82) is 0 Å². The summed E-state index contributed by atoms with van der Waals surface area (Å²) in [6.45, 7) is 7.56. The Morgan fingerprint density at radius 3 is 2.50 bits per heavy atom. The molecule has 1 saturated heterocycles. The number of aryl methyl sites for hydroxylation is 1. The van der Waals surface area contributed by atoms with Gasteiger partial charge in [0.15, 0.2) is 0 Å². The van der Waals surface area contributed by atoms with Gasteiger partial charge in [-0.3, -0.25) is 4.79 Å². The van der Waals surface area contributed by atoms with Gasteiger partial charge in [0.05, 0.1) is 18.3 Å². The van der Waals surface area contributed by atoms with Gasteiger partial charge in [0.25, 0.3) is 5.91 Å². The highest BCUT2D eigenvalue weighted by Gasteiger charge is 2.33. The SMILES string of the molecule is Cc1nn(Cc2ccccc2)c(N)c1C(=O)N1CCCC1c1ccc(C(C)C)cc1. The van der Waals surface area contributed by atoms with E-state index in [4.69, 9.17) is 5.73 Å². The van der Waals surface area contributed by atoms with Crippen LogP contribution in [0.2, 0.25) is 0 Å². The van der Waals surface area contributed by atoms with Crippen molar-refractivity contribution >= 4 is 11.7 Å². The number of rotatable bonds is 5. The van der Waals surface area contributed by atoms with Crippen LogP contribution in [0.15, 0.2) is 54.6 Å². The first-order valence-corrected chi connectivity index (χ1v) is 10.7. The highest BCUT2D eigenvalue weighted by molar-refractivity contribution is 6.00. The van der Waals surface area contributed by atoms with Crippen molar-refractivity contribution in [3.63, 3.8) is 0 Å². The van der Waals surface area contributed by atoms with Crippen molar-refractivity contribution in [3.05, 3.63) is 82.5 Å². The lowest BCUT2D eigenvalue weighted by Crippen LogP contribution is -2.31. The lowest BCUT2D eigenvalue weighted by Gasteiger charge is -2.25. The molecule has 0 spiro atoms. The molecule has 1 amide bonds. The fourth-order valence-electron chi connectivity index (χ4n) is 4.34. The fraction of sp³-hybridized carbons (Fsp3) is 0.360. The molecule has 2 N–H and O–H groups in total. The second-order valence-electron chi connectivity index (χ2n) is 8.47. The van der Waals surface area contributed by atoms with Gasteiger partial charge in [0.1, 0.15) is 11.4 Å². The summed E-state index contributed by atoms with van der Waals surface area (Å²) in [5, 5.41) is 4.57. The first-order valence-electron chi connectivity index (χ1n) is 10.7. The number of nitrogen functional groups attached to an aromatic ring is 1. The van der Waals surface area contributed by atoms with Crippen molar-refractivity contribution in [2.75, 3.05) is 12.3 Å². The molecule has 0 radical (unpaired) electrons. The molecule has 1 aromatic heterocycles. The molecule has 0 bridgehead atoms. The summed E-state index contributed by atoms with van der Waals surface area (Å²) < 4.78 is 1.74. The maximum Gasteiger partial charge on any atom is 0.260 e. The molecular formula is C25H30N4O. The molecular weight excluding hydrogens is 372 g/mol. The number of likely N-dealkylation sites (tertiary alicyclic amines) is 1. The lowest BCUT2D eigenvalue weighted by atomic mass is 9.98. The van der Waals surface area contributed by atoms with Gasteiger partial charge in [-0.2, -0.15) is 5.10 Å². The van der Waals surface area contributed by atoms with Crippen molar-refractivity contribution in [2.45, 2.75) is 52.1 Å². The fourth-order valence-corrected chi connectivity index (χ4v) is 4.34. The molecule has 2 aromatic carbocycles. The Labute approximate surface area is 178 Å². The Morgan fingerprint density at radius 2 is 1.83 bits per heavy atom. The molecule has 0 saturated carbocycles. The van der Waals surface area contributed by atoms with E-state index in [-0.39, 0.29) is 11.9 Å². The lowest BCUT2D eigenvalue weighted by molar-refractivity contribution is 0.0736. The van der Waals surface area contributed by atoms with Crippen molar-refractivity contribution in [2.24, 2.45) is 0 Å². The average molecular weight is 403 g/mol. The number of carbonyl (C=O) groups is 1. The standard InChI is InChI=1S/C25H30N4O/c1-17(2)20-11-13-21(14-12-20)22-10-7-15-28(22)25(30)23-18(3)27-29(24(23)26)16-19-8-5-4-6-9-19/h4-6,8-9,11-14,17,22H,7,10,15-16,26H2,1-3H3. The molecule has 1 fully saturated rings. The third kappa shape index (κ3) is 3.84. The number of hydrogen-bond donors (Lipinski definition) is 1. The Hall–Kier alpha value is -3.08. The minimum Gasteiger partial charge on any atom is -0.383 e. The second-order valence-corrected chi connectivity index (χ2v) is 8.47. The van der Waals surface area contributed by atoms with E-state index in [9.17, 15) is 4.79 Å². The Bertz CT molecular complexity index is 1020. The number of carbonyl (C=O) groups excluding carboxylic acids is 1. The van der Waals surface area contributed by atoms with Gasteiger partial charge in [0.2, 0.25) is 0 Å². The molecule has 1 unspecified atom stereocenters. The van der Waals surface area contributed by atoms with Crippen molar-refractivity contribution in [3.8, 4) is 0 Å². The molecule has 156 valence electrons. The molecule has 5 nitrogen and oxygen atoms in total. The third-order valence-electron chi connectivity index (χ3n) is 6.06. The van der Waals surface area contributed by atoms with Crippen LogP contribution >= 0.6 is 0 Å². The summed E-state index contributed by atoms with van der Waals surface area (Å²) in [5.41, 5.74) is 11.3. The van der Waals surface area contributed by atoms with Crippen LogP contribution in [0.3, 0.4) is 0 Å². The number of benzene rings is 2. The zero-order valence-corrected chi connectivity index (χ0v) is 18.0. The van der Waals surface area contributed by atoms with Gasteiger partial charge in [0, 0.05) is 6.54 Å².